The Kier molecular flexibility index (Phi) is 6.08. The van der Waals surface area contributed by atoms with Crippen molar-refractivity contribution >= 4 is 11.9 Å². The topological polar surface area (TPSA) is 63.6 Å². The van der Waals surface area contributed by atoms with E-state index in [2.05, 4.69) is 0 Å². The normalized spacial score (nSPS) is 14.6. The van der Waals surface area contributed by atoms with Gasteiger partial charge in [0, 0.05) is 0 Å². The first-order valence-corrected chi connectivity index (χ1v) is 5.91. The van der Waals surface area contributed by atoms with Crippen molar-refractivity contribution in [2.45, 2.75) is 47.0 Å². The molecule has 0 aliphatic heterocycles. The molecule has 0 spiro atoms. The fourth-order valence-electron chi connectivity index (χ4n) is 2.26. The molecule has 0 aliphatic rings. The third kappa shape index (κ3) is 2.54. The third-order valence-corrected chi connectivity index (χ3v) is 3.26. The summed E-state index contributed by atoms with van der Waals surface area (Å²) in [6.45, 7) is 7.44. The summed E-state index contributed by atoms with van der Waals surface area (Å²) >= 11 is 0. The summed E-state index contributed by atoms with van der Waals surface area (Å²) in [6.07, 6.45) is 1.60. The van der Waals surface area contributed by atoms with Crippen molar-refractivity contribution in [3.63, 3.8) is 0 Å². The van der Waals surface area contributed by atoms with Gasteiger partial charge in [0.2, 0.25) is 0 Å². The number of aliphatic carboxylic acids is 1. The molecule has 0 bridgehead atoms. The molecular weight excluding hydrogens is 208 g/mol. The quantitative estimate of drug-likeness (QED) is 0.539. The highest BCUT2D eigenvalue weighted by atomic mass is 16.5. The largest absolute Gasteiger partial charge is 0.480 e. The molecule has 0 saturated heterocycles. The second kappa shape index (κ2) is 6.51. The van der Waals surface area contributed by atoms with E-state index in [0.29, 0.717) is 12.8 Å². The molecule has 0 aromatic heterocycles. The maximum atomic E-state index is 11.9. The summed E-state index contributed by atoms with van der Waals surface area (Å²) in [4.78, 5) is 23.3. The lowest BCUT2D eigenvalue weighted by molar-refractivity contribution is -0.174. The highest BCUT2D eigenvalue weighted by Crippen LogP contribution is 2.38. The Morgan fingerprint density at radius 1 is 1.19 bits per heavy atom. The van der Waals surface area contributed by atoms with E-state index >= 15 is 0 Å². The Bertz CT molecular complexity index is 245. The number of carbonyl (C=O) groups is 2. The number of esters is 1. The monoisotopic (exact) mass is 230 g/mol. The van der Waals surface area contributed by atoms with Crippen LogP contribution in [-0.4, -0.2) is 23.7 Å². The number of hydrogen-bond acceptors (Lipinski definition) is 3. The molecule has 0 aromatic rings. The summed E-state index contributed by atoms with van der Waals surface area (Å²) in [6, 6.07) is 0. The molecule has 0 aliphatic carbocycles. The number of carboxylic acid groups (broad SMARTS) is 1. The van der Waals surface area contributed by atoms with Gasteiger partial charge in [-0.25, -0.2) is 0 Å². The van der Waals surface area contributed by atoms with Gasteiger partial charge in [-0.05, 0) is 19.3 Å². The zero-order chi connectivity index (χ0) is 12.8. The molecule has 0 rings (SSSR count). The van der Waals surface area contributed by atoms with Gasteiger partial charge in [0.1, 0.15) is 0 Å². The molecule has 0 amide bonds. The van der Waals surface area contributed by atoms with Crippen LogP contribution < -0.4 is 0 Å². The van der Waals surface area contributed by atoms with Crippen LogP contribution in [0.2, 0.25) is 0 Å². The standard InChI is InChI=1S/C12H22O4/c1-5-9(6-2)12(7-3,10(13)14)11(15)16-8-4/h9H,5-8H2,1-4H3,(H,13,14). The summed E-state index contributed by atoms with van der Waals surface area (Å²) < 4.78 is 4.92. The van der Waals surface area contributed by atoms with E-state index < -0.39 is 17.4 Å². The molecular formula is C12H22O4. The predicted octanol–water partition coefficient (Wildman–Crippen LogP) is 2.47. The van der Waals surface area contributed by atoms with Crippen molar-refractivity contribution in [2.24, 2.45) is 11.3 Å². The molecule has 0 aromatic carbocycles. The van der Waals surface area contributed by atoms with Crippen LogP contribution >= 0.6 is 0 Å². The molecule has 0 saturated carbocycles. The second-order valence-corrected chi connectivity index (χ2v) is 3.86. The van der Waals surface area contributed by atoms with Crippen LogP contribution in [-0.2, 0) is 14.3 Å². The molecule has 4 nitrogen and oxygen atoms in total. The van der Waals surface area contributed by atoms with Crippen molar-refractivity contribution in [1.29, 1.82) is 0 Å². The van der Waals surface area contributed by atoms with Crippen LogP contribution in [0, 0.1) is 11.3 Å². The van der Waals surface area contributed by atoms with Crippen LogP contribution in [0.25, 0.3) is 0 Å². The van der Waals surface area contributed by atoms with E-state index in [1.54, 1.807) is 13.8 Å². The molecule has 4 heteroatoms. The van der Waals surface area contributed by atoms with E-state index in [1.165, 1.54) is 0 Å². The van der Waals surface area contributed by atoms with Crippen LogP contribution in [0.5, 0.6) is 0 Å². The number of rotatable bonds is 7. The van der Waals surface area contributed by atoms with Crippen molar-refractivity contribution in [2.75, 3.05) is 6.61 Å². The molecule has 0 radical (unpaired) electrons. The van der Waals surface area contributed by atoms with Crippen LogP contribution in [0.3, 0.4) is 0 Å². The van der Waals surface area contributed by atoms with Gasteiger partial charge < -0.3 is 9.84 Å². The molecule has 94 valence electrons. The van der Waals surface area contributed by atoms with E-state index in [0.717, 1.165) is 0 Å². The predicted molar refractivity (Wildman–Crippen MR) is 61.1 cm³/mol. The van der Waals surface area contributed by atoms with E-state index in [9.17, 15) is 14.7 Å². The number of hydrogen-bond donors (Lipinski definition) is 1. The minimum atomic E-state index is -1.38. The van der Waals surface area contributed by atoms with E-state index in [-0.39, 0.29) is 18.9 Å². The lowest BCUT2D eigenvalue weighted by Gasteiger charge is -2.32. The van der Waals surface area contributed by atoms with E-state index in [4.69, 9.17) is 4.74 Å². The number of carboxylic acids is 1. The molecule has 0 heterocycles. The Morgan fingerprint density at radius 3 is 1.94 bits per heavy atom. The summed E-state index contributed by atoms with van der Waals surface area (Å²) in [5.41, 5.74) is -1.38. The fraction of sp³-hybridized carbons (Fsp3) is 0.833. The van der Waals surface area contributed by atoms with Gasteiger partial charge in [0.05, 0.1) is 6.61 Å². The molecule has 1 unspecified atom stereocenters. The average Bonchev–Trinajstić information content (AvgIpc) is 2.25. The maximum absolute atomic E-state index is 11.9. The summed E-state index contributed by atoms with van der Waals surface area (Å²) in [7, 11) is 0. The highest BCUT2D eigenvalue weighted by molar-refractivity contribution is 5.99. The Balaban J connectivity index is 5.29. The van der Waals surface area contributed by atoms with Gasteiger partial charge in [-0.15, -0.1) is 0 Å². The van der Waals surface area contributed by atoms with Gasteiger partial charge in [-0.3, -0.25) is 9.59 Å². The molecule has 1 N–H and O–H groups in total. The van der Waals surface area contributed by atoms with Gasteiger partial charge in [0.25, 0.3) is 0 Å². The lowest BCUT2D eigenvalue weighted by atomic mass is 9.70. The Hall–Kier alpha value is -1.06. The molecule has 16 heavy (non-hydrogen) atoms. The average molecular weight is 230 g/mol. The summed E-state index contributed by atoms with van der Waals surface area (Å²) in [5.74, 6) is -1.84. The van der Waals surface area contributed by atoms with Crippen LogP contribution in [0.1, 0.15) is 47.0 Å². The van der Waals surface area contributed by atoms with Gasteiger partial charge in [-0.1, -0.05) is 33.6 Å². The smallest absolute Gasteiger partial charge is 0.323 e. The first-order chi connectivity index (χ1) is 7.50. The highest BCUT2D eigenvalue weighted by Gasteiger charge is 2.50. The minimum absolute atomic E-state index is 0.172. The van der Waals surface area contributed by atoms with Gasteiger partial charge in [-0.2, -0.15) is 0 Å². The summed E-state index contributed by atoms with van der Waals surface area (Å²) in [5, 5.41) is 9.35. The maximum Gasteiger partial charge on any atom is 0.323 e. The molecule has 1 atom stereocenters. The van der Waals surface area contributed by atoms with Crippen molar-refractivity contribution in [3.8, 4) is 0 Å². The third-order valence-electron chi connectivity index (χ3n) is 3.26. The van der Waals surface area contributed by atoms with Gasteiger partial charge >= 0.3 is 11.9 Å². The lowest BCUT2D eigenvalue weighted by Crippen LogP contribution is -2.46. The second-order valence-electron chi connectivity index (χ2n) is 3.86. The SMILES string of the molecule is CCOC(=O)C(CC)(C(=O)O)C(CC)CC. The molecule has 0 fully saturated rings. The minimum Gasteiger partial charge on any atom is -0.480 e. The van der Waals surface area contributed by atoms with Crippen molar-refractivity contribution < 1.29 is 19.4 Å². The van der Waals surface area contributed by atoms with Crippen LogP contribution in [0.4, 0.5) is 0 Å². The zero-order valence-corrected chi connectivity index (χ0v) is 10.6. The Labute approximate surface area is 97.0 Å². The van der Waals surface area contributed by atoms with Crippen molar-refractivity contribution in [1.82, 2.24) is 0 Å². The zero-order valence-electron chi connectivity index (χ0n) is 10.6. The van der Waals surface area contributed by atoms with Gasteiger partial charge in [0.15, 0.2) is 5.41 Å². The Morgan fingerprint density at radius 2 is 1.69 bits per heavy atom. The number of ether oxygens (including phenoxy) is 1. The van der Waals surface area contributed by atoms with Crippen molar-refractivity contribution in [3.05, 3.63) is 0 Å². The first-order valence-electron chi connectivity index (χ1n) is 5.91. The first kappa shape index (κ1) is 14.9. The fourth-order valence-corrected chi connectivity index (χ4v) is 2.26. The van der Waals surface area contributed by atoms with E-state index in [1.807, 2.05) is 13.8 Å². The van der Waals surface area contributed by atoms with Crippen LogP contribution in [0.15, 0.2) is 0 Å². The number of carbonyl (C=O) groups excluding carboxylic acids is 1.